The van der Waals surface area contributed by atoms with Gasteiger partial charge in [0.1, 0.15) is 22.1 Å². The molecule has 0 fully saturated rings. The summed E-state index contributed by atoms with van der Waals surface area (Å²) in [5.41, 5.74) is 1.73. The minimum atomic E-state index is -3.95. The predicted molar refractivity (Wildman–Crippen MR) is 114 cm³/mol. The van der Waals surface area contributed by atoms with Crippen LogP contribution in [0.4, 0.5) is 5.69 Å². The van der Waals surface area contributed by atoms with Crippen molar-refractivity contribution in [3.05, 3.63) is 46.8 Å². The number of aromatic nitrogens is 1. The van der Waals surface area contributed by atoms with Crippen LogP contribution in [0.1, 0.15) is 11.9 Å². The molecule has 1 heterocycles. The van der Waals surface area contributed by atoms with Crippen molar-refractivity contribution in [1.29, 1.82) is 0 Å². The van der Waals surface area contributed by atoms with Gasteiger partial charge in [0.2, 0.25) is 0 Å². The molecule has 7 nitrogen and oxygen atoms in total. The van der Waals surface area contributed by atoms with Crippen molar-refractivity contribution >= 4 is 27.0 Å². The van der Waals surface area contributed by atoms with Gasteiger partial charge < -0.3 is 14.2 Å². The molecular formula is C20H22N2O5S2. The Balaban J connectivity index is 2.04. The van der Waals surface area contributed by atoms with Crippen LogP contribution in [0.25, 0.3) is 11.3 Å². The molecule has 0 aliphatic carbocycles. The van der Waals surface area contributed by atoms with Gasteiger partial charge in [-0.15, -0.1) is 11.3 Å². The molecule has 154 valence electrons. The second-order valence-electron chi connectivity index (χ2n) is 6.05. The average Bonchev–Trinajstić information content (AvgIpc) is 3.14. The first-order chi connectivity index (χ1) is 13.9. The molecule has 3 aromatic rings. The number of hydrogen-bond acceptors (Lipinski definition) is 7. The van der Waals surface area contributed by atoms with E-state index in [1.807, 2.05) is 12.3 Å². The number of aryl methyl sites for hydroxylation is 1. The number of methoxy groups -OCH3 is 2. The average molecular weight is 435 g/mol. The van der Waals surface area contributed by atoms with E-state index in [0.29, 0.717) is 29.4 Å². The Morgan fingerprint density at radius 1 is 1.07 bits per heavy atom. The molecule has 0 bridgehead atoms. The lowest BCUT2D eigenvalue weighted by atomic mass is 10.2. The Kier molecular flexibility index (Phi) is 6.29. The van der Waals surface area contributed by atoms with Crippen LogP contribution in [0.2, 0.25) is 0 Å². The van der Waals surface area contributed by atoms with E-state index in [2.05, 4.69) is 9.71 Å². The lowest BCUT2D eigenvalue weighted by Gasteiger charge is -2.15. The van der Waals surface area contributed by atoms with Gasteiger partial charge in [-0.05, 0) is 32.0 Å². The molecular weight excluding hydrogens is 412 g/mol. The number of thiazole rings is 1. The molecule has 0 atom stereocenters. The van der Waals surface area contributed by atoms with Gasteiger partial charge in [-0.25, -0.2) is 13.4 Å². The van der Waals surface area contributed by atoms with Crippen molar-refractivity contribution in [2.24, 2.45) is 0 Å². The summed E-state index contributed by atoms with van der Waals surface area (Å²) in [6.45, 7) is 4.04. The van der Waals surface area contributed by atoms with Gasteiger partial charge in [-0.3, -0.25) is 4.72 Å². The number of nitrogens with one attached hydrogen (secondary N) is 1. The number of ether oxygens (including phenoxy) is 3. The first-order valence-electron chi connectivity index (χ1n) is 8.81. The van der Waals surface area contributed by atoms with Crippen molar-refractivity contribution in [3.8, 4) is 28.5 Å². The topological polar surface area (TPSA) is 86.8 Å². The Morgan fingerprint density at radius 2 is 1.76 bits per heavy atom. The molecule has 3 rings (SSSR count). The molecule has 0 aliphatic rings. The zero-order valence-corrected chi connectivity index (χ0v) is 18.2. The lowest BCUT2D eigenvalue weighted by molar-refractivity contribution is 0.331. The number of nitrogens with zero attached hydrogens (tertiary/aromatic N) is 1. The molecule has 9 heteroatoms. The first-order valence-corrected chi connectivity index (χ1v) is 11.2. The largest absolute Gasteiger partial charge is 0.497 e. The van der Waals surface area contributed by atoms with Crippen LogP contribution < -0.4 is 18.9 Å². The van der Waals surface area contributed by atoms with E-state index < -0.39 is 10.0 Å². The summed E-state index contributed by atoms with van der Waals surface area (Å²) in [6, 6.07) is 9.83. The van der Waals surface area contributed by atoms with Crippen LogP contribution in [0.15, 0.2) is 46.7 Å². The lowest BCUT2D eigenvalue weighted by Crippen LogP contribution is -2.15. The zero-order chi connectivity index (χ0) is 21.0. The maximum Gasteiger partial charge on any atom is 0.265 e. The second-order valence-corrected chi connectivity index (χ2v) is 8.77. The van der Waals surface area contributed by atoms with Gasteiger partial charge in [0.15, 0.2) is 0 Å². The molecule has 0 radical (unpaired) electrons. The maximum absolute atomic E-state index is 13.2. The van der Waals surface area contributed by atoms with Crippen LogP contribution >= 0.6 is 11.3 Å². The molecule has 0 unspecified atom stereocenters. The van der Waals surface area contributed by atoms with Gasteiger partial charge in [0.25, 0.3) is 10.0 Å². The van der Waals surface area contributed by atoms with Crippen molar-refractivity contribution in [3.63, 3.8) is 0 Å². The summed E-state index contributed by atoms with van der Waals surface area (Å²) >= 11 is 1.50. The third kappa shape index (κ3) is 4.80. The highest BCUT2D eigenvalue weighted by Crippen LogP contribution is 2.33. The van der Waals surface area contributed by atoms with Gasteiger partial charge in [-0.1, -0.05) is 0 Å². The summed E-state index contributed by atoms with van der Waals surface area (Å²) in [7, 11) is -0.951. The third-order valence-electron chi connectivity index (χ3n) is 4.05. The maximum atomic E-state index is 13.2. The SMILES string of the molecule is CCOc1ccc(-c2csc(C)n2)cc1S(=O)(=O)Nc1cc(OC)cc(OC)c1. The zero-order valence-electron chi connectivity index (χ0n) is 16.6. The number of benzene rings is 2. The van der Waals surface area contributed by atoms with Crippen LogP contribution in [0.3, 0.4) is 0 Å². The molecule has 2 aromatic carbocycles. The third-order valence-corrected chi connectivity index (χ3v) is 6.23. The van der Waals surface area contributed by atoms with E-state index in [9.17, 15) is 8.42 Å². The Hall–Kier alpha value is -2.78. The van der Waals surface area contributed by atoms with Gasteiger partial charge >= 0.3 is 0 Å². The highest BCUT2D eigenvalue weighted by atomic mass is 32.2. The molecule has 0 spiro atoms. The standard InChI is InChI=1S/C20H22N2O5S2/c1-5-27-19-7-6-14(18-12-28-13(2)21-18)8-20(19)29(23,24)22-15-9-16(25-3)11-17(10-15)26-4/h6-12,22H,5H2,1-4H3. The van der Waals surface area contributed by atoms with Crippen LogP contribution in [-0.2, 0) is 10.0 Å². The number of anilines is 1. The molecule has 0 saturated carbocycles. The minimum absolute atomic E-state index is 0.0317. The van der Waals surface area contributed by atoms with Gasteiger partial charge in [0, 0.05) is 29.1 Å². The molecule has 29 heavy (non-hydrogen) atoms. The molecule has 1 N–H and O–H groups in total. The highest BCUT2D eigenvalue weighted by Gasteiger charge is 2.22. The van der Waals surface area contributed by atoms with E-state index in [1.165, 1.54) is 25.6 Å². The summed E-state index contributed by atoms with van der Waals surface area (Å²) in [5, 5.41) is 2.79. The fraction of sp³-hybridized carbons (Fsp3) is 0.250. The van der Waals surface area contributed by atoms with E-state index in [4.69, 9.17) is 14.2 Å². The van der Waals surface area contributed by atoms with Crippen molar-refractivity contribution in [1.82, 2.24) is 4.98 Å². The van der Waals surface area contributed by atoms with Crippen LogP contribution in [0.5, 0.6) is 17.2 Å². The fourth-order valence-electron chi connectivity index (χ4n) is 2.72. The second kappa shape index (κ2) is 8.71. The molecule has 0 aliphatic heterocycles. The summed E-state index contributed by atoms with van der Waals surface area (Å²) in [6.07, 6.45) is 0. The Morgan fingerprint density at radius 3 is 2.31 bits per heavy atom. The quantitative estimate of drug-likeness (QED) is 0.568. The minimum Gasteiger partial charge on any atom is -0.497 e. The van der Waals surface area contributed by atoms with Crippen molar-refractivity contribution < 1.29 is 22.6 Å². The highest BCUT2D eigenvalue weighted by molar-refractivity contribution is 7.92. The molecule has 1 aromatic heterocycles. The fourth-order valence-corrected chi connectivity index (χ4v) is 4.56. The van der Waals surface area contributed by atoms with E-state index in [0.717, 1.165) is 10.7 Å². The predicted octanol–water partition coefficient (Wildman–Crippen LogP) is 4.34. The van der Waals surface area contributed by atoms with E-state index in [-0.39, 0.29) is 10.6 Å². The Bertz CT molecular complexity index is 1090. The van der Waals surface area contributed by atoms with Gasteiger partial charge in [-0.2, -0.15) is 0 Å². The number of sulfonamides is 1. The molecule has 0 saturated heterocycles. The summed E-state index contributed by atoms with van der Waals surface area (Å²) < 4.78 is 45.0. The smallest absolute Gasteiger partial charge is 0.265 e. The van der Waals surface area contributed by atoms with E-state index >= 15 is 0 Å². The number of hydrogen-bond donors (Lipinski definition) is 1. The number of rotatable bonds is 8. The summed E-state index contributed by atoms with van der Waals surface area (Å²) in [4.78, 5) is 4.47. The van der Waals surface area contributed by atoms with Gasteiger partial charge in [0.05, 0.1) is 37.2 Å². The van der Waals surface area contributed by atoms with Crippen LogP contribution in [-0.4, -0.2) is 34.2 Å². The Labute approximate surface area is 174 Å². The summed E-state index contributed by atoms with van der Waals surface area (Å²) in [5.74, 6) is 1.21. The van der Waals surface area contributed by atoms with Crippen molar-refractivity contribution in [2.75, 3.05) is 25.5 Å². The molecule has 0 amide bonds. The first kappa shape index (κ1) is 20.9. The van der Waals surface area contributed by atoms with Crippen LogP contribution in [0, 0.1) is 6.92 Å². The normalized spacial score (nSPS) is 11.2. The monoisotopic (exact) mass is 434 g/mol. The van der Waals surface area contributed by atoms with Crippen molar-refractivity contribution in [2.45, 2.75) is 18.7 Å². The van der Waals surface area contributed by atoms with E-state index in [1.54, 1.807) is 43.3 Å².